The minimum atomic E-state index is 0.128. The highest BCUT2D eigenvalue weighted by atomic mass is 79.9. The number of aliphatic hydroxyl groups excluding tert-OH is 1. The van der Waals surface area contributed by atoms with Crippen LogP contribution in [0, 0.1) is 12.3 Å². The topological polar surface area (TPSA) is 32.3 Å². The van der Waals surface area contributed by atoms with Crippen LogP contribution in [-0.4, -0.2) is 18.3 Å². The van der Waals surface area contributed by atoms with Gasteiger partial charge in [-0.25, -0.2) is 0 Å². The third kappa shape index (κ3) is 4.04. The number of nitrogens with one attached hydrogen (secondary N) is 1. The van der Waals surface area contributed by atoms with Crippen LogP contribution in [-0.2, 0) is 6.54 Å². The van der Waals surface area contributed by atoms with Crippen LogP contribution in [0.2, 0.25) is 0 Å². The Kier molecular flexibility index (Phi) is 5.43. The average molecular weight is 326 g/mol. The number of benzene rings is 1. The van der Waals surface area contributed by atoms with E-state index in [1.165, 1.54) is 30.4 Å². The zero-order valence-corrected chi connectivity index (χ0v) is 13.3. The smallest absolute Gasteiger partial charge is 0.0499 e. The Bertz CT molecular complexity index is 413. The van der Waals surface area contributed by atoms with Gasteiger partial charge in [-0.3, -0.25) is 0 Å². The number of aryl methyl sites for hydroxylation is 1. The van der Waals surface area contributed by atoms with Crippen molar-refractivity contribution < 1.29 is 5.11 Å². The average Bonchev–Trinajstić information content (AvgIpc) is 2.44. The summed E-state index contributed by atoms with van der Waals surface area (Å²) in [6.45, 7) is 4.25. The molecule has 0 saturated heterocycles. The van der Waals surface area contributed by atoms with Gasteiger partial charge in [-0.05, 0) is 37.0 Å². The molecule has 3 heteroatoms. The van der Waals surface area contributed by atoms with Crippen molar-refractivity contribution in [1.82, 2.24) is 5.32 Å². The summed E-state index contributed by atoms with van der Waals surface area (Å²) in [5, 5.41) is 13.2. The second kappa shape index (κ2) is 6.87. The Morgan fingerprint density at radius 1 is 1.26 bits per heavy atom. The molecule has 2 nitrogen and oxygen atoms in total. The zero-order chi connectivity index (χ0) is 13.7. The van der Waals surface area contributed by atoms with Crippen molar-refractivity contribution >= 4 is 15.9 Å². The van der Waals surface area contributed by atoms with Crippen LogP contribution in [0.3, 0.4) is 0 Å². The first-order chi connectivity index (χ1) is 9.15. The molecule has 1 aromatic rings. The van der Waals surface area contributed by atoms with E-state index >= 15 is 0 Å². The second-order valence-corrected chi connectivity index (χ2v) is 6.76. The van der Waals surface area contributed by atoms with E-state index in [2.05, 4.69) is 46.4 Å². The summed E-state index contributed by atoms with van der Waals surface area (Å²) in [7, 11) is 0. The molecule has 0 atom stereocenters. The van der Waals surface area contributed by atoms with Gasteiger partial charge in [0.1, 0.15) is 0 Å². The standard InChI is InChI=1S/C16H24BrNO/c1-13-9-14(5-6-15(13)17)10-18-11-16(12-19)7-3-2-4-8-16/h5-6,9,18-19H,2-4,7-8,10-12H2,1H3. The SMILES string of the molecule is Cc1cc(CNCC2(CO)CCCCC2)ccc1Br. The number of hydrogen-bond acceptors (Lipinski definition) is 2. The van der Waals surface area contributed by atoms with Crippen LogP contribution >= 0.6 is 15.9 Å². The highest BCUT2D eigenvalue weighted by Gasteiger charge is 2.30. The number of rotatable bonds is 5. The van der Waals surface area contributed by atoms with E-state index in [-0.39, 0.29) is 5.41 Å². The van der Waals surface area contributed by atoms with Crippen molar-refractivity contribution in [2.75, 3.05) is 13.2 Å². The third-order valence-corrected chi connectivity index (χ3v) is 5.19. The maximum atomic E-state index is 9.67. The van der Waals surface area contributed by atoms with Gasteiger partial charge in [0, 0.05) is 29.6 Å². The van der Waals surface area contributed by atoms with Crippen LogP contribution in [0.15, 0.2) is 22.7 Å². The van der Waals surface area contributed by atoms with Crippen LogP contribution in [0.4, 0.5) is 0 Å². The van der Waals surface area contributed by atoms with Gasteiger partial charge in [-0.2, -0.15) is 0 Å². The molecule has 1 saturated carbocycles. The van der Waals surface area contributed by atoms with Crippen molar-refractivity contribution in [2.24, 2.45) is 5.41 Å². The molecule has 0 heterocycles. The Labute approximate surface area is 124 Å². The molecule has 2 N–H and O–H groups in total. The molecule has 1 aliphatic carbocycles. The predicted octanol–water partition coefficient (Wildman–Crippen LogP) is 3.79. The highest BCUT2D eigenvalue weighted by Crippen LogP contribution is 2.35. The quantitative estimate of drug-likeness (QED) is 0.863. The molecule has 0 bridgehead atoms. The minimum absolute atomic E-state index is 0.128. The lowest BCUT2D eigenvalue weighted by Crippen LogP contribution is -2.38. The Morgan fingerprint density at radius 2 is 2.00 bits per heavy atom. The van der Waals surface area contributed by atoms with Gasteiger partial charge in [0.05, 0.1) is 0 Å². The van der Waals surface area contributed by atoms with E-state index in [0.717, 1.165) is 30.4 Å². The van der Waals surface area contributed by atoms with E-state index in [1.54, 1.807) is 0 Å². The Hall–Kier alpha value is -0.380. The molecule has 2 rings (SSSR count). The summed E-state index contributed by atoms with van der Waals surface area (Å²) in [5.74, 6) is 0. The van der Waals surface area contributed by atoms with Gasteiger partial charge in [0.25, 0.3) is 0 Å². The molecule has 1 fully saturated rings. The van der Waals surface area contributed by atoms with E-state index in [0.29, 0.717) is 6.61 Å². The van der Waals surface area contributed by atoms with Crippen molar-refractivity contribution in [1.29, 1.82) is 0 Å². The van der Waals surface area contributed by atoms with Crippen LogP contribution in [0.25, 0.3) is 0 Å². The van der Waals surface area contributed by atoms with Gasteiger partial charge < -0.3 is 10.4 Å². The summed E-state index contributed by atoms with van der Waals surface area (Å²) < 4.78 is 1.16. The van der Waals surface area contributed by atoms with Gasteiger partial charge in [0.2, 0.25) is 0 Å². The first-order valence-electron chi connectivity index (χ1n) is 7.22. The number of aliphatic hydroxyl groups is 1. The lowest BCUT2D eigenvalue weighted by molar-refractivity contribution is 0.0810. The molecule has 0 spiro atoms. The van der Waals surface area contributed by atoms with Gasteiger partial charge in [-0.1, -0.05) is 47.3 Å². The molecule has 0 aromatic heterocycles. The van der Waals surface area contributed by atoms with Crippen LogP contribution in [0.5, 0.6) is 0 Å². The second-order valence-electron chi connectivity index (χ2n) is 5.91. The fraction of sp³-hybridized carbons (Fsp3) is 0.625. The molecule has 19 heavy (non-hydrogen) atoms. The first-order valence-corrected chi connectivity index (χ1v) is 8.01. The Morgan fingerprint density at radius 3 is 2.63 bits per heavy atom. The van der Waals surface area contributed by atoms with Crippen molar-refractivity contribution in [3.05, 3.63) is 33.8 Å². The van der Waals surface area contributed by atoms with Crippen molar-refractivity contribution in [3.63, 3.8) is 0 Å². The normalized spacial score (nSPS) is 18.5. The molecule has 0 unspecified atom stereocenters. The van der Waals surface area contributed by atoms with Crippen LogP contribution < -0.4 is 5.32 Å². The van der Waals surface area contributed by atoms with Crippen molar-refractivity contribution in [3.8, 4) is 0 Å². The van der Waals surface area contributed by atoms with Gasteiger partial charge in [0.15, 0.2) is 0 Å². The first kappa shape index (κ1) is 15.0. The van der Waals surface area contributed by atoms with Crippen LogP contribution in [0.1, 0.15) is 43.2 Å². The number of hydrogen-bond donors (Lipinski definition) is 2. The van der Waals surface area contributed by atoms with E-state index in [1.807, 2.05) is 0 Å². The monoisotopic (exact) mass is 325 g/mol. The van der Waals surface area contributed by atoms with Crippen molar-refractivity contribution in [2.45, 2.75) is 45.6 Å². The number of halogens is 1. The van der Waals surface area contributed by atoms with E-state index in [4.69, 9.17) is 0 Å². The summed E-state index contributed by atoms with van der Waals surface area (Å²) in [5.41, 5.74) is 2.71. The predicted molar refractivity (Wildman–Crippen MR) is 83.2 cm³/mol. The lowest BCUT2D eigenvalue weighted by Gasteiger charge is -2.35. The van der Waals surface area contributed by atoms with Gasteiger partial charge >= 0.3 is 0 Å². The largest absolute Gasteiger partial charge is 0.396 e. The maximum absolute atomic E-state index is 9.67. The molecule has 106 valence electrons. The van der Waals surface area contributed by atoms with E-state index < -0.39 is 0 Å². The van der Waals surface area contributed by atoms with Gasteiger partial charge in [-0.15, -0.1) is 0 Å². The zero-order valence-electron chi connectivity index (χ0n) is 11.7. The molecule has 1 aromatic carbocycles. The highest BCUT2D eigenvalue weighted by molar-refractivity contribution is 9.10. The molecule has 0 amide bonds. The molecular formula is C16H24BrNO. The lowest BCUT2D eigenvalue weighted by atomic mass is 9.74. The Balaban J connectivity index is 1.86. The molecular weight excluding hydrogens is 302 g/mol. The summed E-state index contributed by atoms with van der Waals surface area (Å²) >= 11 is 3.53. The maximum Gasteiger partial charge on any atom is 0.0499 e. The summed E-state index contributed by atoms with van der Waals surface area (Å²) in [6, 6.07) is 6.47. The third-order valence-electron chi connectivity index (χ3n) is 4.30. The fourth-order valence-electron chi connectivity index (χ4n) is 2.98. The minimum Gasteiger partial charge on any atom is -0.396 e. The molecule has 1 aliphatic rings. The van der Waals surface area contributed by atoms with E-state index in [9.17, 15) is 5.11 Å². The fourth-order valence-corrected chi connectivity index (χ4v) is 3.23. The summed E-state index contributed by atoms with van der Waals surface area (Å²) in [6.07, 6.45) is 6.18. The summed E-state index contributed by atoms with van der Waals surface area (Å²) in [4.78, 5) is 0. The molecule has 0 radical (unpaired) electrons. The molecule has 0 aliphatic heterocycles.